The molecule has 0 saturated carbocycles. The van der Waals surface area contributed by atoms with E-state index in [-0.39, 0.29) is 11.8 Å². The van der Waals surface area contributed by atoms with Gasteiger partial charge in [0.1, 0.15) is 6.10 Å². The average Bonchev–Trinajstić information content (AvgIpc) is 3.37. The van der Waals surface area contributed by atoms with Gasteiger partial charge in [-0.1, -0.05) is 18.9 Å². The van der Waals surface area contributed by atoms with Crippen LogP contribution >= 0.6 is 11.3 Å². The number of rotatable bonds is 6. The zero-order valence-electron chi connectivity index (χ0n) is 17.1. The van der Waals surface area contributed by atoms with Crippen LogP contribution in [0, 0.1) is 0 Å². The van der Waals surface area contributed by atoms with Crippen LogP contribution < -0.4 is 10.6 Å². The Bertz CT molecular complexity index is 871. The molecule has 3 heterocycles. The Morgan fingerprint density at radius 2 is 1.97 bits per heavy atom. The molecule has 7 nitrogen and oxygen atoms in total. The number of aromatic nitrogens is 1. The van der Waals surface area contributed by atoms with Crippen molar-refractivity contribution in [2.75, 3.05) is 30.3 Å². The van der Waals surface area contributed by atoms with Crippen molar-refractivity contribution in [3.05, 3.63) is 40.9 Å². The lowest BCUT2D eigenvalue weighted by atomic mass is 10.1. The van der Waals surface area contributed by atoms with E-state index in [1.165, 1.54) is 37.0 Å². The molecule has 8 heteroatoms. The van der Waals surface area contributed by atoms with Gasteiger partial charge in [0.2, 0.25) is 0 Å². The van der Waals surface area contributed by atoms with Crippen LogP contribution in [0.3, 0.4) is 0 Å². The Morgan fingerprint density at radius 3 is 2.73 bits per heavy atom. The predicted octanol–water partition coefficient (Wildman–Crippen LogP) is 3.89. The maximum atomic E-state index is 12.7. The lowest BCUT2D eigenvalue weighted by Gasteiger charge is -2.17. The second-order valence-corrected chi connectivity index (χ2v) is 8.72. The first kappa shape index (κ1) is 21.0. The highest BCUT2D eigenvalue weighted by molar-refractivity contribution is 7.14. The monoisotopic (exact) mass is 428 g/mol. The van der Waals surface area contributed by atoms with Crippen molar-refractivity contribution >= 4 is 34.0 Å². The van der Waals surface area contributed by atoms with Crippen LogP contribution in [0.2, 0.25) is 0 Å². The lowest BCUT2D eigenvalue weighted by Crippen LogP contribution is -2.27. The fourth-order valence-corrected chi connectivity index (χ4v) is 4.57. The lowest BCUT2D eigenvalue weighted by molar-refractivity contribution is -0.124. The molecule has 0 spiro atoms. The Balaban J connectivity index is 1.33. The summed E-state index contributed by atoms with van der Waals surface area (Å²) in [6, 6.07) is 6.93. The topological polar surface area (TPSA) is 83.6 Å². The van der Waals surface area contributed by atoms with Crippen molar-refractivity contribution in [1.82, 2.24) is 9.88 Å². The Labute approximate surface area is 180 Å². The van der Waals surface area contributed by atoms with E-state index in [0.717, 1.165) is 38.2 Å². The fraction of sp³-hybridized carbons (Fsp3) is 0.500. The number of hydrogen-bond donors (Lipinski definition) is 2. The third kappa shape index (κ3) is 5.65. The smallest absolute Gasteiger partial charge is 0.257 e. The Hall–Kier alpha value is -2.29. The maximum Gasteiger partial charge on any atom is 0.257 e. The number of ether oxygens (including phenoxy) is 1. The molecule has 2 fully saturated rings. The minimum absolute atomic E-state index is 0.164. The van der Waals surface area contributed by atoms with Gasteiger partial charge in [-0.25, -0.2) is 4.98 Å². The van der Waals surface area contributed by atoms with E-state index < -0.39 is 6.10 Å². The normalized spacial score (nSPS) is 19.9. The first-order valence-corrected chi connectivity index (χ1v) is 11.6. The number of amides is 2. The van der Waals surface area contributed by atoms with E-state index in [1.807, 2.05) is 5.38 Å². The van der Waals surface area contributed by atoms with Crippen LogP contribution in [0.4, 0.5) is 10.8 Å². The van der Waals surface area contributed by atoms with E-state index >= 15 is 0 Å². The van der Waals surface area contributed by atoms with Crippen molar-refractivity contribution in [3.63, 3.8) is 0 Å². The van der Waals surface area contributed by atoms with Crippen molar-refractivity contribution in [2.45, 2.75) is 51.2 Å². The molecule has 0 aliphatic carbocycles. The van der Waals surface area contributed by atoms with Crippen molar-refractivity contribution in [2.24, 2.45) is 0 Å². The quantitative estimate of drug-likeness (QED) is 0.729. The van der Waals surface area contributed by atoms with Gasteiger partial charge in [0.05, 0.1) is 5.69 Å². The highest BCUT2D eigenvalue weighted by Gasteiger charge is 2.23. The van der Waals surface area contributed by atoms with Crippen LogP contribution in [0.15, 0.2) is 29.6 Å². The molecular weight excluding hydrogens is 400 g/mol. The van der Waals surface area contributed by atoms with Crippen LogP contribution in [-0.2, 0) is 16.1 Å². The van der Waals surface area contributed by atoms with Crippen LogP contribution in [-0.4, -0.2) is 47.5 Å². The number of nitrogens with one attached hydrogen (secondary N) is 2. The molecule has 1 aromatic heterocycles. The third-order valence-electron chi connectivity index (χ3n) is 5.47. The number of thiazole rings is 1. The second kappa shape index (κ2) is 10.1. The van der Waals surface area contributed by atoms with E-state index in [9.17, 15) is 9.59 Å². The molecule has 2 N–H and O–H groups in total. The van der Waals surface area contributed by atoms with Crippen LogP contribution in [0.5, 0.6) is 0 Å². The van der Waals surface area contributed by atoms with Crippen molar-refractivity contribution in [3.8, 4) is 0 Å². The summed E-state index contributed by atoms with van der Waals surface area (Å²) in [5.41, 5.74) is 2.06. The summed E-state index contributed by atoms with van der Waals surface area (Å²) in [6.45, 7) is 3.68. The number of hydrogen-bond acceptors (Lipinski definition) is 6. The van der Waals surface area contributed by atoms with Crippen molar-refractivity contribution in [1.29, 1.82) is 0 Å². The number of anilines is 2. The summed E-state index contributed by atoms with van der Waals surface area (Å²) in [5.74, 6) is -0.401. The molecule has 0 bridgehead atoms. The standard InChI is InChI=1S/C22H28N4O3S/c27-20(16-7-5-8-17(13-16)23-21(28)19-9-6-12-29-19)25-22-24-18(15-30-22)14-26-10-3-1-2-4-11-26/h5,7-8,13,15,19H,1-4,6,9-12,14H2,(H,23,28)(H,24,25,27)/t19-/m1/s1. The molecular formula is C22H28N4O3S. The number of nitrogens with zero attached hydrogens (tertiary/aromatic N) is 2. The summed E-state index contributed by atoms with van der Waals surface area (Å²) >= 11 is 1.44. The van der Waals surface area contributed by atoms with Crippen molar-refractivity contribution < 1.29 is 14.3 Å². The Kier molecular flexibility index (Phi) is 7.09. The third-order valence-corrected chi connectivity index (χ3v) is 6.28. The average molecular weight is 429 g/mol. The first-order chi connectivity index (χ1) is 14.7. The molecule has 2 aliphatic heterocycles. The van der Waals surface area contributed by atoms with Gasteiger partial charge in [-0.05, 0) is 57.0 Å². The molecule has 160 valence electrons. The molecule has 2 aromatic rings. The zero-order chi connectivity index (χ0) is 20.8. The maximum absolute atomic E-state index is 12.7. The van der Waals surface area contributed by atoms with Gasteiger partial charge in [-0.15, -0.1) is 11.3 Å². The molecule has 2 aliphatic rings. The van der Waals surface area contributed by atoms with Gasteiger partial charge in [0, 0.05) is 29.8 Å². The number of carbonyl (C=O) groups excluding carboxylic acids is 2. The summed E-state index contributed by atoms with van der Waals surface area (Å²) in [5, 5.41) is 8.32. The number of likely N-dealkylation sites (tertiary alicyclic amines) is 1. The SMILES string of the molecule is O=C(Nc1nc(CN2CCCCCC2)cs1)c1cccc(NC(=O)[C@H]2CCCO2)c1. The van der Waals surface area contributed by atoms with Gasteiger partial charge < -0.3 is 10.1 Å². The molecule has 30 heavy (non-hydrogen) atoms. The van der Waals surface area contributed by atoms with E-state index in [1.54, 1.807) is 24.3 Å². The van der Waals surface area contributed by atoms with E-state index in [4.69, 9.17) is 4.74 Å². The largest absolute Gasteiger partial charge is 0.368 e. The Morgan fingerprint density at radius 1 is 1.13 bits per heavy atom. The van der Waals surface area contributed by atoms with Gasteiger partial charge >= 0.3 is 0 Å². The molecule has 2 saturated heterocycles. The number of carbonyl (C=O) groups is 2. The fourth-order valence-electron chi connectivity index (χ4n) is 3.88. The second-order valence-electron chi connectivity index (χ2n) is 7.86. The minimum atomic E-state index is -0.402. The minimum Gasteiger partial charge on any atom is -0.368 e. The molecule has 1 aromatic carbocycles. The summed E-state index contributed by atoms with van der Waals surface area (Å²) in [6.07, 6.45) is 6.33. The highest BCUT2D eigenvalue weighted by atomic mass is 32.1. The molecule has 1 atom stereocenters. The van der Waals surface area contributed by atoms with Gasteiger partial charge in [-0.3, -0.25) is 19.8 Å². The van der Waals surface area contributed by atoms with Gasteiger partial charge in [0.25, 0.3) is 11.8 Å². The van der Waals surface area contributed by atoms with Crippen LogP contribution in [0.25, 0.3) is 0 Å². The zero-order valence-corrected chi connectivity index (χ0v) is 17.9. The number of benzene rings is 1. The predicted molar refractivity (Wildman–Crippen MR) is 118 cm³/mol. The highest BCUT2D eigenvalue weighted by Crippen LogP contribution is 2.21. The molecule has 0 radical (unpaired) electrons. The first-order valence-electron chi connectivity index (χ1n) is 10.7. The molecule has 4 rings (SSSR count). The van der Waals surface area contributed by atoms with Gasteiger partial charge in [-0.2, -0.15) is 0 Å². The van der Waals surface area contributed by atoms with E-state index in [0.29, 0.717) is 23.0 Å². The van der Waals surface area contributed by atoms with Gasteiger partial charge in [0.15, 0.2) is 5.13 Å². The summed E-state index contributed by atoms with van der Waals surface area (Å²) in [7, 11) is 0. The molecule has 2 amide bonds. The molecule has 0 unspecified atom stereocenters. The van der Waals surface area contributed by atoms with Crippen LogP contribution in [0.1, 0.15) is 54.6 Å². The summed E-state index contributed by atoms with van der Waals surface area (Å²) in [4.78, 5) is 31.9. The summed E-state index contributed by atoms with van der Waals surface area (Å²) < 4.78 is 5.41. The van der Waals surface area contributed by atoms with E-state index in [2.05, 4.69) is 20.5 Å².